The predicted molar refractivity (Wildman–Crippen MR) is 95.8 cm³/mol. The lowest BCUT2D eigenvalue weighted by Gasteiger charge is -2.32. The molecule has 25 heavy (non-hydrogen) atoms. The number of para-hydroxylation sites is 1. The largest absolute Gasteiger partial charge is 0.333 e. The van der Waals surface area contributed by atoms with Crippen LogP contribution in [0.4, 0.5) is 0 Å². The van der Waals surface area contributed by atoms with E-state index in [0.717, 1.165) is 31.6 Å². The van der Waals surface area contributed by atoms with Crippen LogP contribution >= 0.6 is 0 Å². The minimum atomic E-state index is 0.0301. The second-order valence-electron chi connectivity index (χ2n) is 7.16. The third-order valence-corrected chi connectivity index (χ3v) is 5.55. The van der Waals surface area contributed by atoms with Crippen molar-refractivity contribution in [3.05, 3.63) is 41.7 Å². The number of hydrogen-bond donors (Lipinski definition) is 0. The number of carbonyl (C=O) groups excluding carboxylic acids is 1. The van der Waals surface area contributed by atoms with Crippen LogP contribution in [0.3, 0.4) is 0 Å². The van der Waals surface area contributed by atoms with Crippen LogP contribution in [0.2, 0.25) is 0 Å². The number of benzene rings is 1. The maximum atomic E-state index is 13.2. The fraction of sp³-hybridized carbons (Fsp3) is 0.526. The van der Waals surface area contributed by atoms with Crippen LogP contribution in [-0.2, 0) is 0 Å². The van der Waals surface area contributed by atoms with Crippen LogP contribution < -0.4 is 0 Å². The van der Waals surface area contributed by atoms with Crippen molar-refractivity contribution in [2.75, 3.05) is 20.1 Å². The first-order chi connectivity index (χ1) is 12.1. The molecule has 2 aliphatic rings. The molecule has 4 rings (SSSR count). The molecule has 6 heteroatoms. The molecule has 0 radical (unpaired) electrons. The number of nitrogens with zero attached hydrogens (tertiary/aromatic N) is 5. The summed E-state index contributed by atoms with van der Waals surface area (Å²) in [5, 5.41) is 8.96. The topological polar surface area (TPSA) is 54.3 Å². The van der Waals surface area contributed by atoms with E-state index in [0.29, 0.717) is 23.5 Å². The Kier molecular flexibility index (Phi) is 4.29. The average molecular weight is 339 g/mol. The lowest BCUT2D eigenvalue weighted by Crippen LogP contribution is -2.47. The Morgan fingerprint density at radius 1 is 1.04 bits per heavy atom. The number of likely N-dealkylation sites (tertiary alicyclic amines) is 2. The van der Waals surface area contributed by atoms with Gasteiger partial charge < -0.3 is 9.80 Å². The molecule has 0 saturated carbocycles. The number of aryl methyl sites for hydroxylation is 1. The third-order valence-electron chi connectivity index (χ3n) is 5.55. The average Bonchev–Trinajstić information content (AvgIpc) is 3.34. The lowest BCUT2D eigenvalue weighted by atomic mass is 10.0. The molecular formula is C19H25N5O. The van der Waals surface area contributed by atoms with Crippen molar-refractivity contribution in [3.63, 3.8) is 0 Å². The molecular weight excluding hydrogens is 314 g/mol. The zero-order chi connectivity index (χ0) is 17.4. The summed E-state index contributed by atoms with van der Waals surface area (Å²) in [4.78, 5) is 19.2. The predicted octanol–water partition coefficient (Wildman–Crippen LogP) is 2.27. The molecule has 2 atom stereocenters. The van der Waals surface area contributed by atoms with Crippen molar-refractivity contribution >= 4 is 5.91 Å². The van der Waals surface area contributed by atoms with Gasteiger partial charge in [-0.05, 0) is 58.3 Å². The van der Waals surface area contributed by atoms with Crippen molar-refractivity contribution in [2.24, 2.45) is 0 Å². The van der Waals surface area contributed by atoms with Crippen LogP contribution in [0.15, 0.2) is 30.3 Å². The second-order valence-corrected chi connectivity index (χ2v) is 7.16. The molecule has 1 aromatic heterocycles. The van der Waals surface area contributed by atoms with Crippen molar-refractivity contribution in [1.29, 1.82) is 0 Å². The SMILES string of the molecule is Cc1nn(-c2ccccc2)nc1C(=O)N1CCCC1C1CCCN1C. The number of aromatic nitrogens is 3. The Labute approximate surface area is 148 Å². The van der Waals surface area contributed by atoms with Crippen LogP contribution in [0.1, 0.15) is 41.9 Å². The molecule has 2 fully saturated rings. The Balaban J connectivity index is 1.59. The molecule has 132 valence electrons. The van der Waals surface area contributed by atoms with Gasteiger partial charge in [0.25, 0.3) is 5.91 Å². The van der Waals surface area contributed by atoms with Crippen LogP contribution in [-0.4, -0.2) is 62.9 Å². The summed E-state index contributed by atoms with van der Waals surface area (Å²) in [5.41, 5.74) is 2.05. The van der Waals surface area contributed by atoms with Gasteiger partial charge in [-0.3, -0.25) is 4.79 Å². The molecule has 0 aliphatic carbocycles. The Morgan fingerprint density at radius 3 is 2.48 bits per heavy atom. The van der Waals surface area contributed by atoms with Gasteiger partial charge in [-0.15, -0.1) is 5.10 Å². The van der Waals surface area contributed by atoms with E-state index in [1.807, 2.05) is 42.2 Å². The molecule has 2 aliphatic heterocycles. The van der Waals surface area contributed by atoms with Gasteiger partial charge in [0.15, 0.2) is 5.69 Å². The summed E-state index contributed by atoms with van der Waals surface area (Å²) in [6.45, 7) is 3.82. The van der Waals surface area contributed by atoms with E-state index in [4.69, 9.17) is 0 Å². The van der Waals surface area contributed by atoms with Gasteiger partial charge in [0, 0.05) is 18.6 Å². The number of carbonyl (C=O) groups is 1. The van der Waals surface area contributed by atoms with E-state index in [9.17, 15) is 4.79 Å². The molecule has 3 heterocycles. The van der Waals surface area contributed by atoms with Crippen molar-refractivity contribution in [3.8, 4) is 5.69 Å². The minimum absolute atomic E-state index is 0.0301. The monoisotopic (exact) mass is 339 g/mol. The van der Waals surface area contributed by atoms with Gasteiger partial charge in [0.1, 0.15) is 0 Å². The number of likely N-dealkylation sites (N-methyl/N-ethyl adjacent to an activating group) is 1. The van der Waals surface area contributed by atoms with Gasteiger partial charge in [-0.1, -0.05) is 18.2 Å². The summed E-state index contributed by atoms with van der Waals surface area (Å²) in [6, 6.07) is 10.5. The summed E-state index contributed by atoms with van der Waals surface area (Å²) < 4.78 is 0. The molecule has 0 N–H and O–H groups in total. The molecule has 2 saturated heterocycles. The number of rotatable bonds is 3. The van der Waals surface area contributed by atoms with Crippen LogP contribution in [0.5, 0.6) is 0 Å². The Hall–Kier alpha value is -2.21. The van der Waals surface area contributed by atoms with Crippen molar-refractivity contribution < 1.29 is 4.79 Å². The summed E-state index contributed by atoms with van der Waals surface area (Å²) in [7, 11) is 2.18. The zero-order valence-corrected chi connectivity index (χ0v) is 14.9. The smallest absolute Gasteiger partial charge is 0.276 e. The first-order valence-electron chi connectivity index (χ1n) is 9.16. The zero-order valence-electron chi connectivity index (χ0n) is 14.9. The van der Waals surface area contributed by atoms with E-state index >= 15 is 0 Å². The summed E-state index contributed by atoms with van der Waals surface area (Å²) >= 11 is 0. The molecule has 2 aromatic rings. The summed E-state index contributed by atoms with van der Waals surface area (Å²) in [6.07, 6.45) is 4.57. The van der Waals surface area contributed by atoms with Gasteiger partial charge in [0.05, 0.1) is 11.4 Å². The van der Waals surface area contributed by atoms with E-state index in [1.165, 1.54) is 12.8 Å². The summed E-state index contributed by atoms with van der Waals surface area (Å²) in [5.74, 6) is 0.0301. The Bertz CT molecular complexity index is 756. The quantitative estimate of drug-likeness (QED) is 0.861. The highest BCUT2D eigenvalue weighted by atomic mass is 16.2. The fourth-order valence-corrected chi connectivity index (χ4v) is 4.26. The maximum absolute atomic E-state index is 13.2. The van der Waals surface area contributed by atoms with Gasteiger partial charge in [-0.2, -0.15) is 9.90 Å². The number of hydrogen-bond acceptors (Lipinski definition) is 4. The molecule has 0 bridgehead atoms. The van der Waals surface area contributed by atoms with E-state index in [-0.39, 0.29) is 5.91 Å². The lowest BCUT2D eigenvalue weighted by molar-refractivity contribution is 0.0657. The van der Waals surface area contributed by atoms with Crippen molar-refractivity contribution in [1.82, 2.24) is 24.8 Å². The highest BCUT2D eigenvalue weighted by Crippen LogP contribution is 2.30. The van der Waals surface area contributed by atoms with Gasteiger partial charge in [0.2, 0.25) is 0 Å². The van der Waals surface area contributed by atoms with E-state index in [2.05, 4.69) is 22.1 Å². The van der Waals surface area contributed by atoms with Crippen molar-refractivity contribution in [2.45, 2.75) is 44.7 Å². The van der Waals surface area contributed by atoms with E-state index < -0.39 is 0 Å². The second kappa shape index (κ2) is 6.59. The van der Waals surface area contributed by atoms with Crippen LogP contribution in [0.25, 0.3) is 5.69 Å². The normalized spacial score (nSPS) is 24.2. The van der Waals surface area contributed by atoms with E-state index in [1.54, 1.807) is 4.80 Å². The highest BCUT2D eigenvalue weighted by Gasteiger charge is 2.39. The first-order valence-corrected chi connectivity index (χ1v) is 9.16. The Morgan fingerprint density at radius 2 is 1.76 bits per heavy atom. The highest BCUT2D eigenvalue weighted by molar-refractivity contribution is 5.93. The first kappa shape index (κ1) is 16.3. The molecule has 1 aromatic carbocycles. The van der Waals surface area contributed by atoms with Gasteiger partial charge in [-0.25, -0.2) is 0 Å². The molecule has 6 nitrogen and oxygen atoms in total. The molecule has 2 unspecified atom stereocenters. The van der Waals surface area contributed by atoms with Gasteiger partial charge >= 0.3 is 0 Å². The fourth-order valence-electron chi connectivity index (χ4n) is 4.26. The molecule has 0 spiro atoms. The third kappa shape index (κ3) is 2.95. The standard InChI is InChI=1S/C19H25N5O/c1-14-18(21-24(20-14)15-8-4-3-5-9-15)19(25)23-13-7-11-17(23)16-10-6-12-22(16)2/h3-5,8-9,16-17H,6-7,10-13H2,1-2H3. The molecule has 1 amide bonds. The number of amides is 1. The maximum Gasteiger partial charge on any atom is 0.276 e. The van der Waals surface area contributed by atoms with Crippen LogP contribution in [0, 0.1) is 6.92 Å². The minimum Gasteiger partial charge on any atom is -0.333 e.